The van der Waals surface area contributed by atoms with E-state index in [0.717, 1.165) is 5.55 Å². The van der Waals surface area contributed by atoms with Crippen molar-refractivity contribution in [2.45, 2.75) is 30.3 Å². The zero-order chi connectivity index (χ0) is 15.8. The summed E-state index contributed by atoms with van der Waals surface area (Å²) in [5.41, 5.74) is 1.04. The van der Waals surface area contributed by atoms with Crippen LogP contribution in [0.5, 0.6) is 0 Å². The van der Waals surface area contributed by atoms with Crippen molar-refractivity contribution < 1.29 is 40.2 Å². The van der Waals surface area contributed by atoms with E-state index < -0.39 is 52.4 Å². The highest BCUT2D eigenvalue weighted by Crippen LogP contribution is 2.49. The van der Waals surface area contributed by atoms with Crippen molar-refractivity contribution >= 4 is 21.1 Å². The van der Waals surface area contributed by atoms with Crippen molar-refractivity contribution in [3.8, 4) is 0 Å². The molecule has 120 valence electrons. The van der Waals surface area contributed by atoms with Gasteiger partial charge in [0.25, 0.3) is 5.91 Å². The Balaban J connectivity index is 2.30. The van der Waals surface area contributed by atoms with Gasteiger partial charge in [-0.15, -0.1) is 0 Å². The van der Waals surface area contributed by atoms with E-state index in [0.29, 0.717) is 0 Å². The van der Waals surface area contributed by atoms with E-state index in [1.807, 2.05) is 0 Å². The van der Waals surface area contributed by atoms with Crippen molar-refractivity contribution in [2.75, 3.05) is 6.61 Å². The molecule has 0 saturated carbocycles. The summed E-state index contributed by atoms with van der Waals surface area (Å²) in [5, 5.41) is 57.6. The number of carboxylic acid groups (broad SMARTS) is 1. The number of hydrogen-bond acceptors (Lipinski definition) is 9. The van der Waals surface area contributed by atoms with E-state index in [9.17, 15) is 30.3 Å². The van der Waals surface area contributed by atoms with E-state index in [4.69, 9.17) is 9.84 Å². The predicted molar refractivity (Wildman–Crippen MR) is 71.3 cm³/mol. The van der Waals surface area contributed by atoms with Gasteiger partial charge in [-0.05, 0) is 15.6 Å². The lowest BCUT2D eigenvalue weighted by Crippen LogP contribution is -2.70. The van der Waals surface area contributed by atoms with Crippen LogP contribution in [0.2, 0.25) is 0 Å². The van der Waals surface area contributed by atoms with E-state index >= 15 is 0 Å². The highest BCUT2D eigenvalue weighted by atomic mass is 32.3. The maximum atomic E-state index is 11.4. The van der Waals surface area contributed by atoms with Crippen LogP contribution in [-0.4, -0.2) is 78.4 Å². The summed E-state index contributed by atoms with van der Waals surface area (Å²) in [4.78, 5) is 15.0. The lowest BCUT2D eigenvalue weighted by Gasteiger charge is -2.48. The van der Waals surface area contributed by atoms with Gasteiger partial charge in [-0.25, -0.2) is 9.52 Å². The molecule has 2 heterocycles. The molecule has 1 fully saturated rings. The molecule has 6 atom stereocenters. The Labute approximate surface area is 120 Å². The van der Waals surface area contributed by atoms with E-state index in [-0.39, 0.29) is 0 Å². The Bertz CT molecular complexity index is 472. The molecule has 0 aromatic rings. The Morgan fingerprint density at radius 1 is 1.38 bits per heavy atom. The topological polar surface area (TPSA) is 172 Å². The molecule has 0 radical (unpaired) electrons. The lowest BCUT2D eigenvalue weighted by atomic mass is 9.97. The Hall–Kier alpha value is -1.05. The van der Waals surface area contributed by atoms with Crippen LogP contribution < -0.4 is 4.72 Å². The van der Waals surface area contributed by atoms with Crippen LogP contribution >= 0.6 is 10.2 Å². The summed E-state index contributed by atoms with van der Waals surface area (Å²) in [6.45, 7) is -0.756. The third-order valence-electron chi connectivity index (χ3n) is 3.16. The standard InChI is InChI=1S/C10H16N2O8S/c13-3-5-6(14)7(15)8(16)10(19,20-5)12-21(9(17)18)2-1-11-4-21/h1-2,4-8,12-16,19H,3H2,(H,17,18)/t5-,6-,7+,8-,10?/m1/s1. The first-order chi connectivity index (χ1) is 9.76. The van der Waals surface area contributed by atoms with Crippen molar-refractivity contribution in [1.82, 2.24) is 4.72 Å². The van der Waals surface area contributed by atoms with Gasteiger partial charge in [-0.2, -0.15) is 0 Å². The molecule has 10 nitrogen and oxygen atoms in total. The summed E-state index contributed by atoms with van der Waals surface area (Å²) < 4.78 is 7.17. The number of aliphatic hydroxyl groups excluding tert-OH is 4. The number of aliphatic hydroxyl groups is 5. The summed E-state index contributed by atoms with van der Waals surface area (Å²) in [6, 6.07) is 0. The second-order valence-corrected chi connectivity index (χ2v) is 7.03. The average molecular weight is 324 g/mol. The molecule has 0 aliphatic carbocycles. The van der Waals surface area contributed by atoms with Crippen LogP contribution in [0.1, 0.15) is 0 Å². The van der Waals surface area contributed by atoms with E-state index in [1.165, 1.54) is 11.6 Å². The maximum Gasteiger partial charge on any atom is 0.368 e. The maximum absolute atomic E-state index is 11.4. The number of nitrogens with zero attached hydrogens (tertiary/aromatic N) is 1. The van der Waals surface area contributed by atoms with Crippen LogP contribution in [0.3, 0.4) is 0 Å². The molecule has 0 aromatic heterocycles. The predicted octanol–water partition coefficient (Wildman–Crippen LogP) is -2.39. The molecule has 21 heavy (non-hydrogen) atoms. The van der Waals surface area contributed by atoms with E-state index in [2.05, 4.69) is 9.71 Å². The zero-order valence-electron chi connectivity index (χ0n) is 10.6. The minimum Gasteiger partial charge on any atom is -0.473 e. The zero-order valence-corrected chi connectivity index (χ0v) is 11.4. The van der Waals surface area contributed by atoms with Crippen molar-refractivity contribution in [3.05, 3.63) is 11.6 Å². The third-order valence-corrected chi connectivity index (χ3v) is 5.37. The van der Waals surface area contributed by atoms with Gasteiger partial charge in [-0.1, -0.05) is 0 Å². The van der Waals surface area contributed by atoms with Gasteiger partial charge in [0.1, 0.15) is 18.3 Å². The normalized spacial score (nSPS) is 49.0. The second kappa shape index (κ2) is 5.62. The fraction of sp³-hybridized carbons (Fsp3) is 0.600. The minimum absolute atomic E-state index is 0.756. The monoisotopic (exact) mass is 324 g/mol. The Morgan fingerprint density at radius 2 is 2.05 bits per heavy atom. The largest absolute Gasteiger partial charge is 0.473 e. The van der Waals surface area contributed by atoms with Crippen molar-refractivity contribution in [2.24, 2.45) is 4.99 Å². The fourth-order valence-electron chi connectivity index (χ4n) is 1.98. The summed E-state index contributed by atoms with van der Waals surface area (Å²) in [5.74, 6) is -2.68. The highest BCUT2D eigenvalue weighted by molar-refractivity contribution is 8.55. The van der Waals surface area contributed by atoms with Crippen LogP contribution in [0, 0.1) is 0 Å². The SMILES string of the molecule is O=C(O)S1(NC2(O)O[C@H](CO)[C@@H](O)[C@H](O)[C@H]2O)C=CN=C1. The second-order valence-electron chi connectivity index (χ2n) is 4.58. The number of nitrogens with one attached hydrogen (secondary N) is 1. The lowest BCUT2D eigenvalue weighted by molar-refractivity contribution is -0.353. The van der Waals surface area contributed by atoms with Gasteiger partial charge in [0.15, 0.2) is 6.10 Å². The molecular weight excluding hydrogens is 308 g/mol. The quantitative estimate of drug-likeness (QED) is 0.279. The van der Waals surface area contributed by atoms with Gasteiger partial charge in [-0.3, -0.25) is 4.99 Å². The van der Waals surface area contributed by atoms with Crippen LogP contribution in [0.4, 0.5) is 4.79 Å². The molecule has 2 aliphatic rings. The summed E-state index contributed by atoms with van der Waals surface area (Å²) in [7, 11) is -2.96. The first-order valence-corrected chi connectivity index (χ1v) is 7.62. The van der Waals surface area contributed by atoms with Crippen LogP contribution in [0.25, 0.3) is 0 Å². The van der Waals surface area contributed by atoms with Gasteiger partial charge in [0.05, 0.1) is 12.2 Å². The fourth-order valence-corrected chi connectivity index (χ4v) is 3.65. The van der Waals surface area contributed by atoms with Gasteiger partial charge < -0.3 is 35.4 Å². The summed E-state index contributed by atoms with van der Waals surface area (Å²) in [6.07, 6.45) is -5.74. The number of aliphatic imine (C=N–C) groups is 1. The molecule has 2 aliphatic heterocycles. The molecule has 2 unspecified atom stereocenters. The van der Waals surface area contributed by atoms with Crippen LogP contribution in [0.15, 0.2) is 16.6 Å². The highest BCUT2D eigenvalue weighted by Gasteiger charge is 2.55. The van der Waals surface area contributed by atoms with Crippen molar-refractivity contribution in [3.63, 3.8) is 0 Å². The van der Waals surface area contributed by atoms with Gasteiger partial charge in [0.2, 0.25) is 0 Å². The molecule has 0 bridgehead atoms. The molecular formula is C10H16N2O8S. The first-order valence-electron chi connectivity index (χ1n) is 5.86. The number of carbonyl (C=O) groups is 1. The minimum atomic E-state index is -2.96. The molecule has 0 spiro atoms. The van der Waals surface area contributed by atoms with Crippen LogP contribution in [-0.2, 0) is 4.74 Å². The Kier molecular flexibility index (Phi) is 4.37. The number of rotatable bonds is 3. The third kappa shape index (κ3) is 2.69. The molecule has 0 amide bonds. The molecule has 1 saturated heterocycles. The van der Waals surface area contributed by atoms with E-state index in [1.54, 1.807) is 0 Å². The smallest absolute Gasteiger partial charge is 0.368 e. The first kappa shape index (κ1) is 16.3. The molecule has 2 rings (SSSR count). The Morgan fingerprint density at radius 3 is 2.52 bits per heavy atom. The molecule has 7 N–H and O–H groups in total. The molecule has 11 heteroatoms. The number of ether oxygens (including phenoxy) is 1. The average Bonchev–Trinajstić information content (AvgIpc) is 2.90. The summed E-state index contributed by atoms with van der Waals surface area (Å²) >= 11 is 0. The van der Waals surface area contributed by atoms with Gasteiger partial charge in [0, 0.05) is 6.20 Å². The number of hydrogen-bond donors (Lipinski definition) is 7. The van der Waals surface area contributed by atoms with Crippen molar-refractivity contribution in [1.29, 1.82) is 0 Å². The van der Waals surface area contributed by atoms with Gasteiger partial charge >= 0.3 is 5.30 Å². The molecule has 0 aromatic carbocycles.